The Morgan fingerprint density at radius 3 is 2.31 bits per heavy atom. The lowest BCUT2D eigenvalue weighted by Gasteiger charge is -2.58. The van der Waals surface area contributed by atoms with Crippen LogP contribution in [-0.2, 0) is 4.79 Å². The van der Waals surface area contributed by atoms with Crippen molar-refractivity contribution in [2.45, 2.75) is 83.7 Å². The SMILES string of the molecule is Cc1ncc(N2CCN(C3CC4(CCC(C(=O)C(C)C)CC4)C3)C3(CC3)C2)cn1. The van der Waals surface area contributed by atoms with Gasteiger partial charge in [-0.25, -0.2) is 9.97 Å². The molecular formula is C24H36N4O. The molecular weight excluding hydrogens is 360 g/mol. The molecule has 29 heavy (non-hydrogen) atoms. The molecule has 1 saturated heterocycles. The lowest BCUT2D eigenvalue weighted by Crippen LogP contribution is -2.63. The molecule has 4 aliphatic rings. The summed E-state index contributed by atoms with van der Waals surface area (Å²) in [6.07, 6.45) is 14.2. The summed E-state index contributed by atoms with van der Waals surface area (Å²) >= 11 is 0. The normalized spacial score (nSPS) is 33.9. The van der Waals surface area contributed by atoms with Gasteiger partial charge in [-0.2, -0.15) is 0 Å². The minimum atomic E-state index is 0.202. The molecule has 0 radical (unpaired) electrons. The second-order valence-corrected chi connectivity index (χ2v) is 10.7. The maximum Gasteiger partial charge on any atom is 0.138 e. The van der Waals surface area contributed by atoms with Gasteiger partial charge in [0.2, 0.25) is 0 Å². The number of carbonyl (C=O) groups is 1. The van der Waals surface area contributed by atoms with Gasteiger partial charge in [0.15, 0.2) is 0 Å². The molecule has 5 heteroatoms. The van der Waals surface area contributed by atoms with Crippen LogP contribution in [-0.4, -0.2) is 51.9 Å². The maximum atomic E-state index is 12.4. The molecule has 0 unspecified atom stereocenters. The predicted octanol–water partition coefficient (Wildman–Crippen LogP) is 4.00. The van der Waals surface area contributed by atoms with Gasteiger partial charge in [-0.3, -0.25) is 9.69 Å². The smallest absolute Gasteiger partial charge is 0.138 e. The standard InChI is InChI=1S/C24H36N4O/c1-17(2)22(29)19-4-6-23(7-5-19)12-20(13-23)28-11-10-27(16-24(28)8-9-24)21-14-25-18(3)26-15-21/h14-15,17,19-20H,4-13,16H2,1-3H3. The third-order valence-corrected chi connectivity index (χ3v) is 8.46. The fourth-order valence-corrected chi connectivity index (χ4v) is 6.47. The van der Waals surface area contributed by atoms with Crippen molar-refractivity contribution in [3.05, 3.63) is 18.2 Å². The van der Waals surface area contributed by atoms with Crippen molar-refractivity contribution in [3.63, 3.8) is 0 Å². The van der Waals surface area contributed by atoms with Gasteiger partial charge < -0.3 is 4.90 Å². The summed E-state index contributed by atoms with van der Waals surface area (Å²) in [4.78, 5) is 26.5. The first-order chi connectivity index (χ1) is 13.9. The second-order valence-electron chi connectivity index (χ2n) is 10.7. The second kappa shape index (κ2) is 7.04. The van der Waals surface area contributed by atoms with Crippen molar-refractivity contribution in [1.82, 2.24) is 14.9 Å². The highest BCUT2D eigenvalue weighted by atomic mass is 16.1. The average molecular weight is 397 g/mol. The van der Waals surface area contributed by atoms with Crippen LogP contribution >= 0.6 is 0 Å². The van der Waals surface area contributed by atoms with Crippen molar-refractivity contribution < 1.29 is 4.79 Å². The van der Waals surface area contributed by atoms with E-state index in [0.29, 0.717) is 22.7 Å². The van der Waals surface area contributed by atoms with Crippen LogP contribution in [0.3, 0.4) is 0 Å². The van der Waals surface area contributed by atoms with E-state index in [4.69, 9.17) is 0 Å². The zero-order valence-corrected chi connectivity index (χ0v) is 18.4. The molecule has 5 rings (SSSR count). The number of Topliss-reactive ketones (excluding diaryl/α,β-unsaturated/α-hetero) is 1. The van der Waals surface area contributed by atoms with Gasteiger partial charge in [0, 0.05) is 43.1 Å². The molecule has 2 heterocycles. The van der Waals surface area contributed by atoms with Gasteiger partial charge in [-0.05, 0) is 63.7 Å². The first kappa shape index (κ1) is 19.5. The molecule has 2 spiro atoms. The molecule has 3 saturated carbocycles. The largest absolute Gasteiger partial charge is 0.366 e. The van der Waals surface area contributed by atoms with E-state index in [-0.39, 0.29) is 5.92 Å². The van der Waals surface area contributed by atoms with E-state index in [9.17, 15) is 4.79 Å². The van der Waals surface area contributed by atoms with E-state index in [1.54, 1.807) is 0 Å². The Bertz CT molecular complexity index is 754. The molecule has 0 amide bonds. The number of carbonyl (C=O) groups excluding carboxylic acids is 1. The summed E-state index contributed by atoms with van der Waals surface area (Å²) in [5.41, 5.74) is 2.14. The minimum Gasteiger partial charge on any atom is -0.366 e. The number of hydrogen-bond acceptors (Lipinski definition) is 5. The van der Waals surface area contributed by atoms with Crippen LogP contribution in [0.25, 0.3) is 0 Å². The van der Waals surface area contributed by atoms with E-state index >= 15 is 0 Å². The van der Waals surface area contributed by atoms with Crippen LogP contribution in [0.2, 0.25) is 0 Å². The highest BCUT2D eigenvalue weighted by Crippen LogP contribution is 2.58. The van der Waals surface area contributed by atoms with Crippen LogP contribution < -0.4 is 4.90 Å². The van der Waals surface area contributed by atoms with E-state index in [0.717, 1.165) is 37.8 Å². The van der Waals surface area contributed by atoms with Crippen molar-refractivity contribution >= 4 is 11.5 Å². The predicted molar refractivity (Wildman–Crippen MR) is 115 cm³/mol. The number of piperazine rings is 1. The highest BCUT2D eigenvalue weighted by molar-refractivity contribution is 5.82. The third kappa shape index (κ3) is 3.49. The highest BCUT2D eigenvalue weighted by Gasteiger charge is 2.58. The van der Waals surface area contributed by atoms with E-state index in [1.807, 2.05) is 19.3 Å². The van der Waals surface area contributed by atoms with Crippen molar-refractivity contribution in [3.8, 4) is 0 Å². The van der Waals surface area contributed by atoms with Crippen LogP contribution in [0.15, 0.2) is 12.4 Å². The topological polar surface area (TPSA) is 49.3 Å². The Morgan fingerprint density at radius 1 is 1.07 bits per heavy atom. The summed E-state index contributed by atoms with van der Waals surface area (Å²) in [5.74, 6) is 1.89. The quantitative estimate of drug-likeness (QED) is 0.770. The van der Waals surface area contributed by atoms with E-state index < -0.39 is 0 Å². The van der Waals surface area contributed by atoms with Crippen LogP contribution in [0, 0.1) is 24.2 Å². The molecule has 0 atom stereocenters. The summed E-state index contributed by atoms with van der Waals surface area (Å²) in [7, 11) is 0. The minimum absolute atomic E-state index is 0.202. The van der Waals surface area contributed by atoms with Gasteiger partial charge >= 0.3 is 0 Å². The van der Waals surface area contributed by atoms with Gasteiger partial charge in [0.25, 0.3) is 0 Å². The monoisotopic (exact) mass is 396 g/mol. The Balaban J connectivity index is 1.17. The zero-order chi connectivity index (χ0) is 20.2. The summed E-state index contributed by atoms with van der Waals surface area (Å²) in [6, 6.07) is 0.770. The van der Waals surface area contributed by atoms with Crippen molar-refractivity contribution in [1.29, 1.82) is 0 Å². The average Bonchev–Trinajstić information content (AvgIpc) is 3.46. The fraction of sp³-hybridized carbons (Fsp3) is 0.792. The lowest BCUT2D eigenvalue weighted by atomic mass is 9.55. The van der Waals surface area contributed by atoms with Crippen LogP contribution in [0.1, 0.15) is 71.0 Å². The van der Waals surface area contributed by atoms with Gasteiger partial charge in [-0.1, -0.05) is 13.8 Å². The number of hydrogen-bond donors (Lipinski definition) is 0. The Kier molecular flexibility index (Phi) is 4.73. The molecule has 1 aromatic heterocycles. The van der Waals surface area contributed by atoms with Crippen LogP contribution in [0.5, 0.6) is 0 Å². The van der Waals surface area contributed by atoms with Crippen molar-refractivity contribution in [2.75, 3.05) is 24.5 Å². The Hall–Kier alpha value is -1.49. The number of ketones is 1. The van der Waals surface area contributed by atoms with Crippen LogP contribution in [0.4, 0.5) is 5.69 Å². The van der Waals surface area contributed by atoms with Gasteiger partial charge in [0.05, 0.1) is 18.1 Å². The molecule has 0 N–H and O–H groups in total. The number of nitrogens with zero attached hydrogens (tertiary/aromatic N) is 4. The Morgan fingerprint density at radius 2 is 1.72 bits per heavy atom. The van der Waals surface area contributed by atoms with E-state index in [1.165, 1.54) is 50.8 Å². The van der Waals surface area contributed by atoms with Gasteiger partial charge in [-0.15, -0.1) is 0 Å². The molecule has 0 aromatic carbocycles. The lowest BCUT2D eigenvalue weighted by molar-refractivity contribution is -0.129. The summed E-state index contributed by atoms with van der Waals surface area (Å²) < 4.78 is 0. The molecule has 5 nitrogen and oxygen atoms in total. The first-order valence-corrected chi connectivity index (χ1v) is 11.7. The molecule has 1 aliphatic heterocycles. The number of aryl methyl sites for hydroxylation is 1. The number of rotatable bonds is 4. The molecule has 3 aliphatic carbocycles. The molecule has 1 aromatic rings. The Labute approximate surface area is 175 Å². The van der Waals surface area contributed by atoms with Crippen molar-refractivity contribution in [2.24, 2.45) is 17.3 Å². The van der Waals surface area contributed by atoms with E-state index in [2.05, 4.69) is 33.6 Å². The maximum absolute atomic E-state index is 12.4. The first-order valence-electron chi connectivity index (χ1n) is 11.7. The molecule has 4 fully saturated rings. The zero-order valence-electron chi connectivity index (χ0n) is 18.4. The number of anilines is 1. The fourth-order valence-electron chi connectivity index (χ4n) is 6.47. The number of aromatic nitrogens is 2. The molecule has 158 valence electrons. The summed E-state index contributed by atoms with van der Waals surface area (Å²) in [6.45, 7) is 9.45. The van der Waals surface area contributed by atoms with Gasteiger partial charge in [0.1, 0.15) is 11.6 Å². The molecule has 0 bridgehead atoms. The third-order valence-electron chi connectivity index (χ3n) is 8.46. The summed E-state index contributed by atoms with van der Waals surface area (Å²) in [5, 5.41) is 0.